The van der Waals surface area contributed by atoms with Gasteiger partial charge in [-0.2, -0.15) is 0 Å². The van der Waals surface area contributed by atoms with Gasteiger partial charge in [0.2, 0.25) is 0 Å². The number of hydrogen-bond donors (Lipinski definition) is 0. The molecule has 0 aliphatic carbocycles. The van der Waals surface area contributed by atoms with Crippen LogP contribution in [0.15, 0.2) is 276 Å². The zero-order valence-corrected chi connectivity index (χ0v) is 41.1. The van der Waals surface area contributed by atoms with E-state index in [-0.39, 0.29) is 0 Å². The van der Waals surface area contributed by atoms with Crippen LogP contribution in [-0.4, -0.2) is 4.57 Å². The maximum absolute atomic E-state index is 7.47. The van der Waals surface area contributed by atoms with Gasteiger partial charge in [-0.25, -0.2) is 0 Å². The second kappa shape index (κ2) is 16.7. The van der Waals surface area contributed by atoms with E-state index >= 15 is 0 Å². The molecule has 0 atom stereocenters. The molecule has 15 aromatic rings. The van der Waals surface area contributed by atoms with E-state index in [1.54, 1.807) is 0 Å². The average Bonchev–Trinajstić information content (AvgIpc) is 4.24. The van der Waals surface area contributed by atoms with E-state index in [9.17, 15) is 0 Å². The van der Waals surface area contributed by atoms with E-state index in [1.165, 1.54) is 38.6 Å². The molecule has 4 heterocycles. The standard InChI is InChI=1S/C72H44N2O2/c1-3-16-45(17-4-1)47-32-36-51(37-33-47)73(52-38-34-48(35-39-52)54-23-13-26-61-58-22-9-12-31-67(58)75-70(54)61)53-43-49(46-18-5-2-6-19-46)42-50(44-53)55-24-14-27-62-63-41-40-59-56-20-7-10-29-65(56)74-66-30-11-8-21-57(66)60-25-15-28-64(69(60)74)68(59)72(63)76-71(55)62/h1-44H. The Balaban J connectivity index is 0.905. The molecule has 76 heavy (non-hydrogen) atoms. The molecule has 4 heteroatoms. The number of anilines is 3. The Morgan fingerprint density at radius 1 is 0.276 bits per heavy atom. The molecule has 0 saturated heterocycles. The van der Waals surface area contributed by atoms with Gasteiger partial charge < -0.3 is 18.3 Å². The monoisotopic (exact) mass is 968 g/mol. The van der Waals surface area contributed by atoms with Gasteiger partial charge in [-0.05, 0) is 106 Å². The van der Waals surface area contributed by atoms with E-state index in [0.717, 1.165) is 117 Å². The van der Waals surface area contributed by atoms with Gasteiger partial charge >= 0.3 is 0 Å². The Labute approximate surface area is 438 Å². The molecule has 0 unspecified atom stereocenters. The molecular formula is C72H44N2O2. The summed E-state index contributed by atoms with van der Waals surface area (Å²) < 4.78 is 16.5. The first-order chi connectivity index (χ1) is 37.7. The summed E-state index contributed by atoms with van der Waals surface area (Å²) in [6.07, 6.45) is 0. The number of fused-ring (bicyclic) bond motifs is 15. The van der Waals surface area contributed by atoms with E-state index < -0.39 is 0 Å². The van der Waals surface area contributed by atoms with Crippen LogP contribution in [0.3, 0.4) is 0 Å². The molecule has 3 aromatic heterocycles. The summed E-state index contributed by atoms with van der Waals surface area (Å²) in [7, 11) is 0. The predicted molar refractivity (Wildman–Crippen MR) is 316 cm³/mol. The van der Waals surface area contributed by atoms with E-state index in [1.807, 2.05) is 12.1 Å². The van der Waals surface area contributed by atoms with Crippen LogP contribution in [0, 0.1) is 0 Å². The van der Waals surface area contributed by atoms with Gasteiger partial charge in [-0.1, -0.05) is 200 Å². The lowest BCUT2D eigenvalue weighted by Gasteiger charge is -2.27. The highest BCUT2D eigenvalue weighted by Gasteiger charge is 2.28. The van der Waals surface area contributed by atoms with Crippen molar-refractivity contribution in [2.45, 2.75) is 0 Å². The SMILES string of the molecule is c1ccc(-c2ccc(N(c3ccc(-c4cccc5c4oc4ccccc45)cc3)c3cc(-c4ccccc4)cc(-c4cccc5c4oc4c6c(ccc45)-c4ccccc4-n4c5ccccc5c5cccc-6c54)c3)cc2)cc1. The normalized spacial score (nSPS) is 11.9. The molecule has 0 amide bonds. The van der Waals surface area contributed by atoms with E-state index in [2.05, 4.69) is 264 Å². The fourth-order valence-corrected chi connectivity index (χ4v) is 12.3. The summed E-state index contributed by atoms with van der Waals surface area (Å²) >= 11 is 0. The van der Waals surface area contributed by atoms with Crippen LogP contribution >= 0.6 is 0 Å². The Morgan fingerprint density at radius 2 is 0.803 bits per heavy atom. The van der Waals surface area contributed by atoms with Crippen LogP contribution < -0.4 is 4.90 Å². The van der Waals surface area contributed by atoms with E-state index in [0.29, 0.717) is 0 Å². The first kappa shape index (κ1) is 42.4. The predicted octanol–water partition coefficient (Wildman–Crippen LogP) is 20.4. The fourth-order valence-electron chi connectivity index (χ4n) is 12.3. The summed E-state index contributed by atoms with van der Waals surface area (Å²) in [4.78, 5) is 2.38. The van der Waals surface area contributed by atoms with Crippen molar-refractivity contribution in [1.82, 2.24) is 4.57 Å². The maximum Gasteiger partial charge on any atom is 0.143 e. The molecule has 0 radical (unpaired) electrons. The molecule has 0 saturated carbocycles. The fraction of sp³-hybridized carbons (Fsp3) is 0. The quantitative estimate of drug-likeness (QED) is 0.160. The molecule has 0 N–H and O–H groups in total. The first-order valence-corrected chi connectivity index (χ1v) is 26.0. The highest BCUT2D eigenvalue weighted by Crippen LogP contribution is 2.52. The van der Waals surface area contributed by atoms with Gasteiger partial charge in [-0.3, -0.25) is 0 Å². The van der Waals surface area contributed by atoms with Crippen LogP contribution in [0.4, 0.5) is 17.1 Å². The summed E-state index contributed by atoms with van der Waals surface area (Å²) in [5, 5.41) is 6.87. The second-order valence-electron chi connectivity index (χ2n) is 19.9. The zero-order valence-electron chi connectivity index (χ0n) is 41.1. The summed E-state index contributed by atoms with van der Waals surface area (Å²) in [6.45, 7) is 0. The average molecular weight is 969 g/mol. The third-order valence-electron chi connectivity index (χ3n) is 15.7. The van der Waals surface area contributed by atoms with Crippen LogP contribution in [0.25, 0.3) is 138 Å². The number of nitrogens with zero attached hydrogens (tertiary/aromatic N) is 2. The number of aromatic nitrogens is 1. The van der Waals surface area contributed by atoms with Crippen molar-refractivity contribution in [2.75, 3.05) is 4.90 Å². The van der Waals surface area contributed by atoms with Gasteiger partial charge in [0.15, 0.2) is 0 Å². The maximum atomic E-state index is 7.47. The third kappa shape index (κ3) is 6.44. The largest absolute Gasteiger partial charge is 0.455 e. The molecule has 1 aliphatic heterocycles. The summed E-state index contributed by atoms with van der Waals surface area (Å²) in [6, 6.07) is 96.4. The number of furan rings is 2. The van der Waals surface area contributed by atoms with Crippen molar-refractivity contribution in [3.05, 3.63) is 267 Å². The van der Waals surface area contributed by atoms with Crippen LogP contribution in [0.2, 0.25) is 0 Å². The van der Waals surface area contributed by atoms with Crippen molar-refractivity contribution in [3.63, 3.8) is 0 Å². The molecule has 0 bridgehead atoms. The van der Waals surface area contributed by atoms with Gasteiger partial charge in [0.25, 0.3) is 0 Å². The third-order valence-corrected chi connectivity index (χ3v) is 15.7. The van der Waals surface area contributed by atoms with Gasteiger partial charge in [0.05, 0.1) is 16.7 Å². The minimum Gasteiger partial charge on any atom is -0.455 e. The highest BCUT2D eigenvalue weighted by atomic mass is 16.3. The number of benzene rings is 12. The molecule has 0 fully saturated rings. The Bertz CT molecular complexity index is 4790. The van der Waals surface area contributed by atoms with E-state index in [4.69, 9.17) is 8.83 Å². The number of hydrogen-bond acceptors (Lipinski definition) is 3. The zero-order chi connectivity index (χ0) is 49.8. The Hall–Kier alpha value is -10.2. The lowest BCUT2D eigenvalue weighted by molar-refractivity contribution is 0.670. The molecule has 4 nitrogen and oxygen atoms in total. The number of rotatable bonds is 7. The van der Waals surface area contributed by atoms with Crippen molar-refractivity contribution in [2.24, 2.45) is 0 Å². The van der Waals surface area contributed by atoms with Crippen LogP contribution in [0.5, 0.6) is 0 Å². The smallest absolute Gasteiger partial charge is 0.143 e. The minimum atomic E-state index is 0.857. The van der Waals surface area contributed by atoms with Crippen LogP contribution in [-0.2, 0) is 0 Å². The second-order valence-corrected chi connectivity index (χ2v) is 19.9. The van der Waals surface area contributed by atoms with Crippen molar-refractivity contribution >= 4 is 82.7 Å². The molecule has 1 aliphatic rings. The molecule has 354 valence electrons. The van der Waals surface area contributed by atoms with Crippen molar-refractivity contribution < 1.29 is 8.83 Å². The van der Waals surface area contributed by atoms with Crippen LogP contribution in [0.1, 0.15) is 0 Å². The van der Waals surface area contributed by atoms with Gasteiger partial charge in [0, 0.05) is 77.2 Å². The lowest BCUT2D eigenvalue weighted by Crippen LogP contribution is -2.10. The summed E-state index contributed by atoms with van der Waals surface area (Å²) in [5.41, 5.74) is 23.6. The van der Waals surface area contributed by atoms with Crippen molar-refractivity contribution in [1.29, 1.82) is 0 Å². The molecule has 12 aromatic carbocycles. The van der Waals surface area contributed by atoms with Gasteiger partial charge in [0.1, 0.15) is 22.3 Å². The van der Waals surface area contributed by atoms with Gasteiger partial charge in [-0.15, -0.1) is 0 Å². The Morgan fingerprint density at radius 3 is 1.57 bits per heavy atom. The topological polar surface area (TPSA) is 34.5 Å². The van der Waals surface area contributed by atoms with Crippen molar-refractivity contribution in [3.8, 4) is 72.4 Å². The Kier molecular flexibility index (Phi) is 9.30. The summed E-state index contributed by atoms with van der Waals surface area (Å²) in [5.74, 6) is 0. The molecular weight excluding hydrogens is 925 g/mol. The first-order valence-electron chi connectivity index (χ1n) is 26.0. The highest BCUT2D eigenvalue weighted by molar-refractivity contribution is 6.22. The lowest BCUT2D eigenvalue weighted by atomic mass is 9.91. The molecule has 16 rings (SSSR count). The minimum absolute atomic E-state index is 0.857. The molecule has 0 spiro atoms. The number of para-hydroxylation sites is 6.